The van der Waals surface area contributed by atoms with Gasteiger partial charge >= 0.3 is 0 Å². The molecule has 0 atom stereocenters. The first kappa shape index (κ1) is 13.9. The van der Waals surface area contributed by atoms with Gasteiger partial charge in [0, 0.05) is 18.3 Å². The molecule has 0 saturated carbocycles. The summed E-state index contributed by atoms with van der Waals surface area (Å²) in [6, 6.07) is 6.84. The molecule has 0 aliphatic carbocycles. The number of nitrogen functional groups attached to an aromatic ring is 1. The fraction of sp³-hybridized carbons (Fsp3) is 0.286. The Morgan fingerprint density at radius 1 is 1.45 bits per heavy atom. The third-order valence-electron chi connectivity index (χ3n) is 2.91. The normalized spacial score (nSPS) is 10.3. The van der Waals surface area contributed by atoms with Crippen LogP contribution in [0.5, 0.6) is 5.75 Å². The molecule has 1 heterocycles. The first-order chi connectivity index (χ1) is 9.55. The van der Waals surface area contributed by atoms with Gasteiger partial charge in [-0.15, -0.1) is 0 Å². The number of hydrogen-bond acceptors (Lipinski definition) is 4. The number of ether oxygens (including phenoxy) is 1. The molecule has 0 spiro atoms. The fourth-order valence-electron chi connectivity index (χ4n) is 1.97. The average Bonchev–Trinajstić information content (AvgIpc) is 2.82. The summed E-state index contributed by atoms with van der Waals surface area (Å²) in [5.41, 5.74) is 8.17. The standard InChI is InChI=1S/C14H18N4O2/c1-4-18-12(7-9(2)17-18)14(19)16-11-6-5-10(15)8-13(11)20-3/h5-8H,4,15H2,1-3H3,(H,16,19). The number of rotatable bonds is 4. The van der Waals surface area contributed by atoms with Crippen molar-refractivity contribution in [2.75, 3.05) is 18.2 Å². The third-order valence-corrected chi connectivity index (χ3v) is 2.91. The minimum absolute atomic E-state index is 0.226. The van der Waals surface area contributed by atoms with Crippen molar-refractivity contribution >= 4 is 17.3 Å². The molecule has 20 heavy (non-hydrogen) atoms. The molecule has 0 aliphatic rings. The summed E-state index contributed by atoms with van der Waals surface area (Å²) in [6.07, 6.45) is 0. The maximum atomic E-state index is 12.3. The van der Waals surface area contributed by atoms with Crippen LogP contribution in [0, 0.1) is 6.92 Å². The molecule has 0 saturated heterocycles. The van der Waals surface area contributed by atoms with E-state index in [1.54, 1.807) is 28.9 Å². The van der Waals surface area contributed by atoms with Gasteiger partial charge in [0.15, 0.2) is 0 Å². The molecule has 0 aliphatic heterocycles. The van der Waals surface area contributed by atoms with Gasteiger partial charge in [0.2, 0.25) is 0 Å². The predicted octanol–water partition coefficient (Wildman–Crippen LogP) is 2.05. The number of carbonyl (C=O) groups is 1. The minimum Gasteiger partial charge on any atom is -0.494 e. The second-order valence-electron chi connectivity index (χ2n) is 4.40. The molecular weight excluding hydrogens is 256 g/mol. The molecule has 3 N–H and O–H groups in total. The Kier molecular flexibility index (Phi) is 3.93. The zero-order valence-corrected chi connectivity index (χ0v) is 11.8. The Morgan fingerprint density at radius 2 is 2.20 bits per heavy atom. The van der Waals surface area contributed by atoms with Gasteiger partial charge in [-0.3, -0.25) is 9.48 Å². The van der Waals surface area contributed by atoms with Gasteiger partial charge in [-0.2, -0.15) is 5.10 Å². The van der Waals surface area contributed by atoms with Crippen molar-refractivity contribution in [2.45, 2.75) is 20.4 Å². The second kappa shape index (κ2) is 5.64. The molecule has 0 unspecified atom stereocenters. The molecule has 1 amide bonds. The van der Waals surface area contributed by atoms with Crippen LogP contribution in [0.1, 0.15) is 23.1 Å². The fourth-order valence-corrected chi connectivity index (χ4v) is 1.97. The summed E-state index contributed by atoms with van der Waals surface area (Å²) in [6.45, 7) is 4.43. The molecule has 6 nitrogen and oxygen atoms in total. The summed E-state index contributed by atoms with van der Waals surface area (Å²) in [4.78, 5) is 12.3. The maximum Gasteiger partial charge on any atom is 0.274 e. The predicted molar refractivity (Wildman–Crippen MR) is 78.0 cm³/mol. The van der Waals surface area contributed by atoms with Crippen LogP contribution < -0.4 is 15.8 Å². The summed E-state index contributed by atoms with van der Waals surface area (Å²) in [7, 11) is 1.53. The number of nitrogens with two attached hydrogens (primary N) is 1. The third kappa shape index (κ3) is 2.74. The molecular formula is C14H18N4O2. The highest BCUT2D eigenvalue weighted by Crippen LogP contribution is 2.27. The summed E-state index contributed by atoms with van der Waals surface area (Å²) in [5, 5.41) is 7.07. The van der Waals surface area contributed by atoms with E-state index in [-0.39, 0.29) is 5.91 Å². The number of methoxy groups -OCH3 is 1. The highest BCUT2D eigenvalue weighted by Gasteiger charge is 2.15. The monoisotopic (exact) mass is 274 g/mol. The Labute approximate surface area is 117 Å². The van der Waals surface area contributed by atoms with Crippen LogP contribution in [-0.4, -0.2) is 22.8 Å². The highest BCUT2D eigenvalue weighted by atomic mass is 16.5. The zero-order chi connectivity index (χ0) is 14.7. The van der Waals surface area contributed by atoms with Gasteiger partial charge in [0.25, 0.3) is 5.91 Å². The number of carbonyl (C=O) groups excluding carboxylic acids is 1. The van der Waals surface area contributed by atoms with Crippen molar-refractivity contribution in [3.63, 3.8) is 0 Å². The van der Waals surface area contributed by atoms with E-state index in [2.05, 4.69) is 10.4 Å². The van der Waals surface area contributed by atoms with E-state index in [4.69, 9.17) is 10.5 Å². The van der Waals surface area contributed by atoms with Crippen molar-refractivity contribution < 1.29 is 9.53 Å². The van der Waals surface area contributed by atoms with Crippen LogP contribution in [0.2, 0.25) is 0 Å². The van der Waals surface area contributed by atoms with E-state index >= 15 is 0 Å². The molecule has 1 aromatic carbocycles. The van der Waals surface area contributed by atoms with Gasteiger partial charge in [-0.05, 0) is 32.0 Å². The molecule has 0 bridgehead atoms. The van der Waals surface area contributed by atoms with Crippen LogP contribution in [0.15, 0.2) is 24.3 Å². The maximum absolute atomic E-state index is 12.3. The Balaban J connectivity index is 2.27. The Bertz CT molecular complexity index is 634. The lowest BCUT2D eigenvalue weighted by Gasteiger charge is -2.11. The highest BCUT2D eigenvalue weighted by molar-refractivity contribution is 6.04. The quantitative estimate of drug-likeness (QED) is 0.836. The van der Waals surface area contributed by atoms with Crippen molar-refractivity contribution in [1.82, 2.24) is 9.78 Å². The average molecular weight is 274 g/mol. The van der Waals surface area contributed by atoms with E-state index in [1.807, 2.05) is 13.8 Å². The minimum atomic E-state index is -0.226. The van der Waals surface area contributed by atoms with Gasteiger partial charge in [0.1, 0.15) is 11.4 Å². The lowest BCUT2D eigenvalue weighted by molar-refractivity contribution is 0.101. The Morgan fingerprint density at radius 3 is 2.85 bits per heavy atom. The van der Waals surface area contributed by atoms with Gasteiger partial charge in [-0.25, -0.2) is 0 Å². The van der Waals surface area contributed by atoms with Gasteiger partial charge < -0.3 is 15.8 Å². The van der Waals surface area contributed by atoms with Crippen molar-refractivity contribution in [3.05, 3.63) is 35.7 Å². The second-order valence-corrected chi connectivity index (χ2v) is 4.40. The first-order valence-electron chi connectivity index (χ1n) is 6.34. The van der Waals surface area contributed by atoms with Crippen LogP contribution in [0.25, 0.3) is 0 Å². The lowest BCUT2D eigenvalue weighted by Crippen LogP contribution is -2.17. The van der Waals surface area contributed by atoms with Crippen LogP contribution in [-0.2, 0) is 6.54 Å². The number of aryl methyl sites for hydroxylation is 2. The molecule has 0 radical (unpaired) electrons. The number of amides is 1. The van der Waals surface area contributed by atoms with Gasteiger partial charge in [-0.1, -0.05) is 0 Å². The Hall–Kier alpha value is -2.50. The molecule has 1 aromatic heterocycles. The van der Waals surface area contributed by atoms with Crippen molar-refractivity contribution in [3.8, 4) is 5.75 Å². The van der Waals surface area contributed by atoms with Crippen molar-refractivity contribution in [1.29, 1.82) is 0 Å². The number of hydrogen-bond donors (Lipinski definition) is 2. The van der Waals surface area contributed by atoms with E-state index in [0.717, 1.165) is 5.69 Å². The summed E-state index contributed by atoms with van der Waals surface area (Å²) in [5.74, 6) is 0.299. The molecule has 6 heteroatoms. The first-order valence-corrected chi connectivity index (χ1v) is 6.34. The summed E-state index contributed by atoms with van der Waals surface area (Å²) < 4.78 is 6.87. The van der Waals surface area contributed by atoms with Gasteiger partial charge in [0.05, 0.1) is 18.5 Å². The lowest BCUT2D eigenvalue weighted by atomic mass is 10.2. The van der Waals surface area contributed by atoms with E-state index in [0.29, 0.717) is 29.4 Å². The van der Waals surface area contributed by atoms with Crippen LogP contribution in [0.3, 0.4) is 0 Å². The van der Waals surface area contributed by atoms with E-state index < -0.39 is 0 Å². The topological polar surface area (TPSA) is 82.2 Å². The molecule has 2 aromatic rings. The number of benzene rings is 1. The van der Waals surface area contributed by atoms with E-state index in [1.165, 1.54) is 7.11 Å². The van der Waals surface area contributed by atoms with Crippen LogP contribution in [0.4, 0.5) is 11.4 Å². The van der Waals surface area contributed by atoms with Crippen LogP contribution >= 0.6 is 0 Å². The molecule has 106 valence electrons. The number of nitrogens with zero attached hydrogens (tertiary/aromatic N) is 2. The van der Waals surface area contributed by atoms with E-state index in [9.17, 15) is 4.79 Å². The summed E-state index contributed by atoms with van der Waals surface area (Å²) >= 11 is 0. The smallest absolute Gasteiger partial charge is 0.274 e. The molecule has 2 rings (SSSR count). The number of aromatic nitrogens is 2. The van der Waals surface area contributed by atoms with Crippen molar-refractivity contribution in [2.24, 2.45) is 0 Å². The zero-order valence-electron chi connectivity index (χ0n) is 11.8. The number of anilines is 2. The largest absolute Gasteiger partial charge is 0.494 e. The SMILES string of the molecule is CCn1nc(C)cc1C(=O)Nc1ccc(N)cc1OC. The molecule has 0 fully saturated rings. The number of nitrogens with one attached hydrogen (secondary N) is 1.